The van der Waals surface area contributed by atoms with E-state index in [0.29, 0.717) is 22.3 Å². The zero-order valence-electron chi connectivity index (χ0n) is 11.0. The summed E-state index contributed by atoms with van der Waals surface area (Å²) in [7, 11) is 0. The predicted octanol–water partition coefficient (Wildman–Crippen LogP) is 3.23. The lowest BCUT2D eigenvalue weighted by Gasteiger charge is -2.30. The summed E-state index contributed by atoms with van der Waals surface area (Å²) in [5, 5.41) is 0. The molecule has 0 unspecified atom stereocenters. The second-order valence-electron chi connectivity index (χ2n) is 5.15. The molecule has 1 rings (SSSR count). The van der Waals surface area contributed by atoms with Crippen molar-refractivity contribution >= 4 is 11.6 Å². The summed E-state index contributed by atoms with van der Waals surface area (Å²) in [6, 6.07) is 0. The first kappa shape index (κ1) is 12.9. The molecule has 0 aromatic rings. The van der Waals surface area contributed by atoms with Gasteiger partial charge in [-0.1, -0.05) is 20.8 Å². The Hall–Kier alpha value is -1.18. The Balaban J connectivity index is 3.41. The van der Waals surface area contributed by atoms with Crippen molar-refractivity contribution in [3.63, 3.8) is 0 Å². The normalized spacial score (nSPS) is 18.6. The van der Waals surface area contributed by atoms with Gasteiger partial charge in [-0.25, -0.2) is 0 Å². The summed E-state index contributed by atoms with van der Waals surface area (Å²) in [4.78, 5) is 24.2. The van der Waals surface area contributed by atoms with Crippen molar-refractivity contribution in [2.24, 2.45) is 5.41 Å². The van der Waals surface area contributed by atoms with Crippen LogP contribution in [0.4, 0.5) is 0 Å². The van der Waals surface area contributed by atoms with Crippen molar-refractivity contribution in [3.05, 3.63) is 22.3 Å². The number of hydrogen-bond acceptors (Lipinski definition) is 2. The van der Waals surface area contributed by atoms with Crippen LogP contribution in [0.1, 0.15) is 48.0 Å². The molecule has 0 aromatic heterocycles. The molecule has 1 aliphatic carbocycles. The minimum Gasteiger partial charge on any atom is -0.289 e. The fourth-order valence-corrected chi connectivity index (χ4v) is 2.08. The van der Waals surface area contributed by atoms with E-state index in [9.17, 15) is 9.59 Å². The van der Waals surface area contributed by atoms with Gasteiger partial charge in [0.1, 0.15) is 0 Å². The summed E-state index contributed by atoms with van der Waals surface area (Å²) >= 11 is 0. The zero-order valence-corrected chi connectivity index (χ0v) is 11.0. The topological polar surface area (TPSA) is 34.1 Å². The number of Topliss-reactive ketones (excluding diaryl/α,β-unsaturated/α-hetero) is 2. The Morgan fingerprint density at radius 2 is 1.31 bits per heavy atom. The molecule has 0 heterocycles. The average Bonchev–Trinajstić information content (AvgIpc) is 2.23. The molecule has 2 heteroatoms. The molecule has 88 valence electrons. The number of hydrogen-bond donors (Lipinski definition) is 0. The van der Waals surface area contributed by atoms with Crippen LogP contribution in [0.3, 0.4) is 0 Å². The van der Waals surface area contributed by atoms with E-state index in [2.05, 4.69) is 0 Å². The first-order valence-corrected chi connectivity index (χ1v) is 5.72. The number of carbonyl (C=O) groups excluding carboxylic acids is 2. The lowest BCUT2D eigenvalue weighted by Crippen LogP contribution is -2.29. The molecule has 0 fully saturated rings. The standard InChI is InChI=1S/C14H20O2/c1-7-14(5,6)11-10(4)12(15)8(2)9(3)13(11)16/h7H2,1-6H3. The Kier molecular flexibility index (Phi) is 3.22. The molecule has 0 amide bonds. The number of rotatable bonds is 2. The van der Waals surface area contributed by atoms with Gasteiger partial charge >= 0.3 is 0 Å². The van der Waals surface area contributed by atoms with Crippen molar-refractivity contribution in [1.29, 1.82) is 0 Å². The van der Waals surface area contributed by atoms with Crippen LogP contribution in [-0.4, -0.2) is 11.6 Å². The average molecular weight is 220 g/mol. The van der Waals surface area contributed by atoms with Crippen LogP contribution in [0.25, 0.3) is 0 Å². The third-order valence-electron chi connectivity index (χ3n) is 3.75. The largest absolute Gasteiger partial charge is 0.289 e. The van der Waals surface area contributed by atoms with Crippen molar-refractivity contribution in [3.8, 4) is 0 Å². The van der Waals surface area contributed by atoms with Crippen LogP contribution in [0.15, 0.2) is 22.3 Å². The molecular weight excluding hydrogens is 200 g/mol. The van der Waals surface area contributed by atoms with Crippen molar-refractivity contribution in [2.75, 3.05) is 0 Å². The monoisotopic (exact) mass is 220 g/mol. The van der Waals surface area contributed by atoms with Gasteiger partial charge in [0.25, 0.3) is 0 Å². The Morgan fingerprint density at radius 3 is 1.75 bits per heavy atom. The molecule has 0 saturated heterocycles. The molecule has 0 spiro atoms. The molecule has 16 heavy (non-hydrogen) atoms. The maximum atomic E-state index is 12.2. The number of allylic oxidation sites excluding steroid dienone is 4. The number of carbonyl (C=O) groups is 2. The van der Waals surface area contributed by atoms with Gasteiger partial charge in [-0.05, 0) is 32.6 Å². The van der Waals surface area contributed by atoms with Gasteiger partial charge in [-0.2, -0.15) is 0 Å². The van der Waals surface area contributed by atoms with E-state index in [1.807, 2.05) is 20.8 Å². The van der Waals surface area contributed by atoms with Crippen molar-refractivity contribution in [1.82, 2.24) is 0 Å². The minimum absolute atomic E-state index is 0.0219. The third kappa shape index (κ3) is 1.77. The smallest absolute Gasteiger partial charge is 0.186 e. The van der Waals surface area contributed by atoms with Crippen LogP contribution in [-0.2, 0) is 9.59 Å². The molecule has 0 N–H and O–H groups in total. The summed E-state index contributed by atoms with van der Waals surface area (Å²) in [6.07, 6.45) is 0.852. The maximum absolute atomic E-state index is 12.2. The molecule has 0 atom stereocenters. The quantitative estimate of drug-likeness (QED) is 0.669. The Bertz CT molecular complexity index is 420. The fraction of sp³-hybridized carbons (Fsp3) is 0.571. The number of ketones is 2. The molecule has 0 radical (unpaired) electrons. The highest BCUT2D eigenvalue weighted by Gasteiger charge is 2.35. The summed E-state index contributed by atoms with van der Waals surface area (Å²) in [5.74, 6) is 0.0649. The van der Waals surface area contributed by atoms with E-state index in [-0.39, 0.29) is 17.0 Å². The van der Waals surface area contributed by atoms with Crippen molar-refractivity contribution < 1.29 is 9.59 Å². The third-order valence-corrected chi connectivity index (χ3v) is 3.75. The van der Waals surface area contributed by atoms with E-state index in [0.717, 1.165) is 6.42 Å². The lowest BCUT2D eigenvalue weighted by atomic mass is 9.72. The van der Waals surface area contributed by atoms with Gasteiger partial charge in [0.05, 0.1) is 0 Å². The minimum atomic E-state index is -0.223. The zero-order chi connectivity index (χ0) is 12.7. The van der Waals surface area contributed by atoms with Gasteiger partial charge in [-0.3, -0.25) is 9.59 Å². The molecule has 0 aromatic carbocycles. The fourth-order valence-electron chi connectivity index (χ4n) is 2.08. The molecule has 2 nitrogen and oxygen atoms in total. The van der Waals surface area contributed by atoms with Gasteiger partial charge in [0, 0.05) is 22.3 Å². The van der Waals surface area contributed by atoms with Crippen LogP contribution < -0.4 is 0 Å². The molecule has 0 saturated carbocycles. The molecule has 0 aliphatic heterocycles. The van der Waals surface area contributed by atoms with E-state index in [4.69, 9.17) is 0 Å². The molecule has 0 bridgehead atoms. The maximum Gasteiger partial charge on any atom is 0.186 e. The highest BCUT2D eigenvalue weighted by Crippen LogP contribution is 2.38. The Morgan fingerprint density at radius 1 is 0.875 bits per heavy atom. The summed E-state index contributed by atoms with van der Waals surface area (Å²) < 4.78 is 0. The Labute approximate surface area is 97.4 Å². The van der Waals surface area contributed by atoms with Crippen molar-refractivity contribution in [2.45, 2.75) is 48.0 Å². The van der Waals surface area contributed by atoms with E-state index >= 15 is 0 Å². The van der Waals surface area contributed by atoms with E-state index in [1.54, 1.807) is 20.8 Å². The van der Waals surface area contributed by atoms with Crippen LogP contribution in [0.5, 0.6) is 0 Å². The van der Waals surface area contributed by atoms with Gasteiger partial charge in [-0.15, -0.1) is 0 Å². The van der Waals surface area contributed by atoms with Crippen LogP contribution in [0.2, 0.25) is 0 Å². The second-order valence-corrected chi connectivity index (χ2v) is 5.15. The second kappa shape index (κ2) is 4.00. The first-order chi connectivity index (χ1) is 7.24. The first-order valence-electron chi connectivity index (χ1n) is 5.72. The predicted molar refractivity (Wildman–Crippen MR) is 65.2 cm³/mol. The molecule has 1 aliphatic rings. The van der Waals surface area contributed by atoms with Crippen LogP contribution in [0, 0.1) is 5.41 Å². The van der Waals surface area contributed by atoms with Gasteiger partial charge in [0.2, 0.25) is 0 Å². The molecular formula is C14H20O2. The van der Waals surface area contributed by atoms with Crippen LogP contribution >= 0.6 is 0 Å². The van der Waals surface area contributed by atoms with E-state index < -0.39 is 0 Å². The van der Waals surface area contributed by atoms with Gasteiger partial charge in [0.15, 0.2) is 11.6 Å². The summed E-state index contributed by atoms with van der Waals surface area (Å²) in [5.41, 5.74) is 2.30. The highest BCUT2D eigenvalue weighted by atomic mass is 16.1. The van der Waals surface area contributed by atoms with Gasteiger partial charge < -0.3 is 0 Å². The van der Waals surface area contributed by atoms with E-state index in [1.165, 1.54) is 0 Å². The lowest BCUT2D eigenvalue weighted by molar-refractivity contribution is -0.117. The SMILES string of the molecule is CCC(C)(C)C1=C(C)C(=O)C(C)=C(C)C1=O. The summed E-state index contributed by atoms with van der Waals surface area (Å²) in [6.45, 7) is 11.3. The highest BCUT2D eigenvalue weighted by molar-refractivity contribution is 6.25.